The average Bonchev–Trinajstić information content (AvgIpc) is 3.22. The van der Waals surface area contributed by atoms with Crippen LogP contribution in [0.15, 0.2) is 78.0 Å². The second-order valence-corrected chi connectivity index (χ2v) is 11.8. The van der Waals surface area contributed by atoms with Crippen molar-refractivity contribution < 1.29 is 43.9 Å². The van der Waals surface area contributed by atoms with Gasteiger partial charge < -0.3 is 9.45 Å². The van der Waals surface area contributed by atoms with Crippen molar-refractivity contribution in [1.82, 2.24) is 9.62 Å². The fourth-order valence-corrected chi connectivity index (χ4v) is 4.96. The topological polar surface area (TPSA) is 151 Å². The first-order chi connectivity index (χ1) is 18.6. The third-order valence-corrected chi connectivity index (χ3v) is 7.84. The summed E-state index contributed by atoms with van der Waals surface area (Å²) in [5, 5.41) is 9.04. The Balaban J connectivity index is 0.000000482. The van der Waals surface area contributed by atoms with Crippen LogP contribution in [0.4, 0.5) is 13.2 Å². The van der Waals surface area contributed by atoms with Gasteiger partial charge in [-0.2, -0.15) is 23.2 Å². The summed E-state index contributed by atoms with van der Waals surface area (Å²) in [4.78, 5) is 14.5. The number of carbonyl (C=O) groups excluding carboxylic acids is 1. The van der Waals surface area contributed by atoms with Crippen molar-refractivity contribution in [2.75, 3.05) is 6.54 Å². The van der Waals surface area contributed by atoms with Gasteiger partial charge in [0.2, 0.25) is 15.9 Å². The number of alkyl halides is 3. The van der Waals surface area contributed by atoms with Crippen molar-refractivity contribution in [2.24, 2.45) is 7.05 Å². The molecule has 1 aliphatic heterocycles. The molecule has 1 amide bonds. The lowest BCUT2D eigenvalue weighted by Gasteiger charge is -2.17. The first-order valence-corrected chi connectivity index (χ1v) is 14.4. The molecule has 3 aromatic rings. The van der Waals surface area contributed by atoms with Crippen LogP contribution in [0.3, 0.4) is 0 Å². The Morgan fingerprint density at radius 1 is 1.05 bits per heavy atom. The van der Waals surface area contributed by atoms with E-state index < -0.39 is 31.7 Å². The molecular weight excluding hydrogens is 573 g/mol. The van der Waals surface area contributed by atoms with Gasteiger partial charge in [0, 0.05) is 25.2 Å². The third kappa shape index (κ3) is 7.85. The molecule has 0 spiro atoms. The summed E-state index contributed by atoms with van der Waals surface area (Å²) in [6.45, 7) is 0.795. The van der Waals surface area contributed by atoms with E-state index in [-0.39, 0.29) is 10.8 Å². The highest BCUT2D eigenvalue weighted by Gasteiger charge is 2.37. The van der Waals surface area contributed by atoms with Crippen molar-refractivity contribution >= 4 is 26.0 Å². The second-order valence-electron chi connectivity index (χ2n) is 8.71. The molecule has 15 heteroatoms. The summed E-state index contributed by atoms with van der Waals surface area (Å²) in [7, 11) is -7.99. The minimum Gasteiger partial charge on any atom is -0.741 e. The van der Waals surface area contributed by atoms with Crippen LogP contribution in [0.25, 0.3) is 11.1 Å². The molecule has 4 rings (SSSR count). The number of rotatable bonds is 6. The first kappa shape index (κ1) is 30.7. The number of amides is 1. The number of nitrogens with one attached hydrogen (secondary N) is 1. The second kappa shape index (κ2) is 12.1. The zero-order valence-corrected chi connectivity index (χ0v) is 22.5. The molecule has 1 atom stereocenters. The van der Waals surface area contributed by atoms with Gasteiger partial charge in [0.25, 0.3) is 0 Å². The van der Waals surface area contributed by atoms with Gasteiger partial charge in [-0.15, -0.1) is 0 Å². The van der Waals surface area contributed by atoms with Crippen LogP contribution in [-0.2, 0) is 38.5 Å². The van der Waals surface area contributed by atoms with E-state index in [9.17, 15) is 26.4 Å². The van der Waals surface area contributed by atoms with Crippen LogP contribution in [-0.4, -0.2) is 50.3 Å². The minimum absolute atomic E-state index is 0.121. The molecule has 1 N–H and O–H groups in total. The SMILES string of the molecule is C[n+]1ccc(-c2ccc(S(=O)(=O)N[C@H]3CCN(Cc4cccc(C#N)c4)C3=O)cc2)cc1.O=S(=O)([O-])C(F)(F)F. The summed E-state index contributed by atoms with van der Waals surface area (Å²) < 4.78 is 89.1. The predicted octanol–water partition coefficient (Wildman–Crippen LogP) is 2.18. The summed E-state index contributed by atoms with van der Waals surface area (Å²) in [6, 6.07) is 18.9. The van der Waals surface area contributed by atoms with E-state index in [0.717, 1.165) is 16.7 Å². The van der Waals surface area contributed by atoms with E-state index in [0.29, 0.717) is 25.1 Å². The minimum atomic E-state index is -6.09. The van der Waals surface area contributed by atoms with E-state index in [2.05, 4.69) is 10.8 Å². The molecule has 40 heavy (non-hydrogen) atoms. The van der Waals surface area contributed by atoms with Gasteiger partial charge in [-0.3, -0.25) is 4.79 Å². The number of halogens is 3. The molecule has 1 aliphatic rings. The van der Waals surface area contributed by atoms with Crippen LogP contribution in [0.1, 0.15) is 17.5 Å². The number of nitriles is 1. The fourth-order valence-electron chi connectivity index (χ4n) is 3.74. The highest BCUT2D eigenvalue weighted by Crippen LogP contribution is 2.23. The number of nitrogens with zero attached hydrogens (tertiary/aromatic N) is 3. The van der Waals surface area contributed by atoms with Crippen LogP contribution in [0.5, 0.6) is 0 Å². The van der Waals surface area contributed by atoms with Gasteiger partial charge >= 0.3 is 5.51 Å². The van der Waals surface area contributed by atoms with Crippen molar-refractivity contribution in [2.45, 2.75) is 29.4 Å². The Morgan fingerprint density at radius 3 is 2.17 bits per heavy atom. The van der Waals surface area contributed by atoms with Crippen molar-refractivity contribution in [3.63, 3.8) is 0 Å². The molecule has 1 aromatic heterocycles. The monoisotopic (exact) mass is 596 g/mol. The van der Waals surface area contributed by atoms with E-state index in [1.54, 1.807) is 47.4 Å². The van der Waals surface area contributed by atoms with Crippen molar-refractivity contribution in [3.05, 3.63) is 84.2 Å². The molecule has 0 aliphatic carbocycles. The van der Waals surface area contributed by atoms with Crippen LogP contribution >= 0.6 is 0 Å². The van der Waals surface area contributed by atoms with Crippen LogP contribution < -0.4 is 9.29 Å². The Bertz CT molecular complexity index is 1620. The smallest absolute Gasteiger partial charge is 0.485 e. The van der Waals surface area contributed by atoms with Gasteiger partial charge in [-0.25, -0.2) is 21.4 Å². The lowest BCUT2D eigenvalue weighted by molar-refractivity contribution is -0.671. The highest BCUT2D eigenvalue weighted by molar-refractivity contribution is 7.89. The largest absolute Gasteiger partial charge is 0.741 e. The Kier molecular flexibility index (Phi) is 9.31. The number of aryl methyl sites for hydroxylation is 1. The van der Waals surface area contributed by atoms with Gasteiger partial charge in [0.1, 0.15) is 13.1 Å². The normalized spacial score (nSPS) is 15.8. The van der Waals surface area contributed by atoms with E-state index >= 15 is 0 Å². The van der Waals surface area contributed by atoms with Gasteiger partial charge in [0.15, 0.2) is 22.5 Å². The average molecular weight is 597 g/mol. The third-order valence-electron chi connectivity index (χ3n) is 5.78. The number of hydrogen-bond acceptors (Lipinski definition) is 7. The van der Waals surface area contributed by atoms with E-state index in [1.807, 2.05) is 42.2 Å². The van der Waals surface area contributed by atoms with Gasteiger partial charge in [-0.05, 0) is 47.4 Å². The Hall–Kier alpha value is -3.84. The molecule has 2 heterocycles. The lowest BCUT2D eigenvalue weighted by Crippen LogP contribution is -2.41. The zero-order chi connectivity index (χ0) is 29.7. The fraction of sp³-hybridized carbons (Fsp3) is 0.240. The summed E-state index contributed by atoms with van der Waals surface area (Å²) >= 11 is 0. The summed E-state index contributed by atoms with van der Waals surface area (Å²) in [6.07, 6.45) is 4.25. The number of sulfonamides is 1. The Morgan fingerprint density at radius 2 is 1.62 bits per heavy atom. The quantitative estimate of drug-likeness (QED) is 0.260. The number of carbonyl (C=O) groups is 1. The van der Waals surface area contributed by atoms with Crippen LogP contribution in [0, 0.1) is 11.3 Å². The van der Waals surface area contributed by atoms with Crippen LogP contribution in [0.2, 0.25) is 0 Å². The molecule has 1 saturated heterocycles. The number of aromatic nitrogens is 1. The number of hydrogen-bond donors (Lipinski definition) is 1. The van der Waals surface area contributed by atoms with Crippen molar-refractivity contribution in [1.29, 1.82) is 5.26 Å². The summed E-state index contributed by atoms with van der Waals surface area (Å²) in [5.41, 5.74) is -2.38. The summed E-state index contributed by atoms with van der Waals surface area (Å²) in [5.74, 6) is -0.260. The standard InChI is InChI=1S/C24H23N4O3S.CHF3O3S/c1-27-12-9-21(10-13-27)20-5-7-22(8-6-20)32(30,31)26-23-11-14-28(24(23)29)17-19-4-2-3-18(15-19)16-25;2-1(3,4)8(5,6)7/h2-10,12-13,15,23,26H,11,14,17H2,1H3;(H,5,6,7)/q+1;/p-1/t23-;/m0./s1. The molecule has 212 valence electrons. The molecule has 1 fully saturated rings. The molecule has 10 nitrogen and oxygen atoms in total. The molecular formula is C25H23F3N4O6S2. The molecule has 2 aromatic carbocycles. The maximum absolute atomic E-state index is 12.9. The lowest BCUT2D eigenvalue weighted by atomic mass is 10.1. The number of likely N-dealkylation sites (tertiary alicyclic amines) is 1. The zero-order valence-electron chi connectivity index (χ0n) is 20.9. The molecule has 0 radical (unpaired) electrons. The maximum atomic E-state index is 12.9. The van der Waals surface area contributed by atoms with Gasteiger partial charge in [0.05, 0.1) is 16.5 Å². The van der Waals surface area contributed by atoms with E-state index in [4.69, 9.17) is 18.2 Å². The highest BCUT2D eigenvalue weighted by atomic mass is 32.2. The first-order valence-electron chi connectivity index (χ1n) is 11.5. The Labute approximate surface area is 229 Å². The predicted molar refractivity (Wildman–Crippen MR) is 134 cm³/mol. The molecule has 0 unspecified atom stereocenters. The number of pyridine rings is 1. The number of benzene rings is 2. The van der Waals surface area contributed by atoms with Crippen molar-refractivity contribution in [3.8, 4) is 17.2 Å². The molecule has 0 bridgehead atoms. The maximum Gasteiger partial charge on any atom is 0.485 e. The molecule has 0 saturated carbocycles. The van der Waals surface area contributed by atoms with Gasteiger partial charge in [-0.1, -0.05) is 24.3 Å². The van der Waals surface area contributed by atoms with E-state index in [1.165, 1.54) is 0 Å².